The van der Waals surface area contributed by atoms with Gasteiger partial charge in [0.05, 0.1) is 26.5 Å². The molecule has 3 heterocycles. The van der Waals surface area contributed by atoms with Gasteiger partial charge in [-0.2, -0.15) is 5.10 Å². The molecule has 0 atom stereocenters. The Labute approximate surface area is 181 Å². The number of thiophene rings is 1. The largest absolute Gasteiger partial charge is 0.347 e. The highest BCUT2D eigenvalue weighted by Gasteiger charge is 2.13. The summed E-state index contributed by atoms with van der Waals surface area (Å²) in [4.78, 5) is 19.1. The van der Waals surface area contributed by atoms with Crippen LogP contribution >= 0.6 is 22.7 Å². The van der Waals surface area contributed by atoms with Crippen LogP contribution in [0.3, 0.4) is 0 Å². The molecule has 1 N–H and O–H groups in total. The molecule has 0 bridgehead atoms. The summed E-state index contributed by atoms with van der Waals surface area (Å²) in [5.74, 6) is -0.0683. The third-order valence-corrected chi connectivity index (χ3v) is 7.07. The van der Waals surface area contributed by atoms with Gasteiger partial charge in [0.1, 0.15) is 5.01 Å². The summed E-state index contributed by atoms with van der Waals surface area (Å²) < 4.78 is 3.03. The van der Waals surface area contributed by atoms with Crippen molar-refractivity contribution in [1.29, 1.82) is 0 Å². The van der Waals surface area contributed by atoms with Crippen LogP contribution in [0.1, 0.15) is 20.8 Å². The Hall–Kier alpha value is -3.29. The molecule has 0 saturated carbocycles. The predicted molar refractivity (Wildman–Crippen MR) is 122 cm³/mol. The highest BCUT2D eigenvalue weighted by atomic mass is 32.1. The lowest BCUT2D eigenvalue weighted by Crippen LogP contribution is -2.22. The van der Waals surface area contributed by atoms with E-state index in [4.69, 9.17) is 0 Å². The Balaban J connectivity index is 1.29. The van der Waals surface area contributed by atoms with Crippen LogP contribution in [0.25, 0.3) is 20.1 Å². The molecule has 0 saturated heterocycles. The molecule has 30 heavy (non-hydrogen) atoms. The zero-order chi connectivity index (χ0) is 20.3. The maximum absolute atomic E-state index is 12.7. The number of amides is 1. The van der Waals surface area contributed by atoms with Gasteiger partial charge < -0.3 is 5.32 Å². The number of rotatable bonds is 6. The number of para-hydroxylation sites is 1. The fraction of sp³-hybridized carbons (Fsp3) is 0.0870. The van der Waals surface area contributed by atoms with Crippen molar-refractivity contribution in [3.63, 3.8) is 0 Å². The number of nitrogens with one attached hydrogen (secondary N) is 1. The van der Waals surface area contributed by atoms with Crippen molar-refractivity contribution < 1.29 is 4.79 Å². The highest BCUT2D eigenvalue weighted by Crippen LogP contribution is 2.34. The second kappa shape index (κ2) is 8.22. The Bertz CT molecular complexity index is 1270. The van der Waals surface area contributed by atoms with Crippen LogP contribution in [-0.2, 0) is 13.1 Å². The standard InChI is InChI=1S/C23H18N4OS2/c28-22(24-14-16-6-1-2-7-17(16)15-27-13-5-12-25-27)20-10-11-21(29-20)23-26-18-8-3-4-9-19(18)30-23/h1-13H,14-15H2,(H,24,28). The number of fused-ring (bicyclic) bond motifs is 1. The van der Waals surface area contributed by atoms with Crippen molar-refractivity contribution in [2.75, 3.05) is 0 Å². The van der Waals surface area contributed by atoms with Gasteiger partial charge in [0, 0.05) is 18.9 Å². The zero-order valence-electron chi connectivity index (χ0n) is 16.0. The first kappa shape index (κ1) is 18.7. The van der Waals surface area contributed by atoms with Gasteiger partial charge in [-0.1, -0.05) is 36.4 Å². The van der Waals surface area contributed by atoms with Gasteiger partial charge in [-0.3, -0.25) is 9.48 Å². The maximum atomic E-state index is 12.7. The molecule has 0 aliphatic carbocycles. The lowest BCUT2D eigenvalue weighted by molar-refractivity contribution is 0.0955. The second-order valence-corrected chi connectivity index (χ2v) is 8.92. The quantitative estimate of drug-likeness (QED) is 0.403. The van der Waals surface area contributed by atoms with Crippen molar-refractivity contribution in [1.82, 2.24) is 20.1 Å². The van der Waals surface area contributed by atoms with E-state index in [0.29, 0.717) is 18.0 Å². The predicted octanol–water partition coefficient (Wildman–Crippen LogP) is 5.20. The molecule has 0 spiro atoms. The van der Waals surface area contributed by atoms with Crippen molar-refractivity contribution >= 4 is 38.8 Å². The van der Waals surface area contributed by atoms with Gasteiger partial charge in [-0.15, -0.1) is 22.7 Å². The summed E-state index contributed by atoms with van der Waals surface area (Å²) in [6, 6.07) is 21.9. The van der Waals surface area contributed by atoms with E-state index in [-0.39, 0.29) is 5.91 Å². The van der Waals surface area contributed by atoms with E-state index >= 15 is 0 Å². The lowest BCUT2D eigenvalue weighted by atomic mass is 10.1. The minimum atomic E-state index is -0.0683. The summed E-state index contributed by atoms with van der Waals surface area (Å²) in [5, 5.41) is 8.27. The van der Waals surface area contributed by atoms with Crippen LogP contribution in [0.2, 0.25) is 0 Å². The van der Waals surface area contributed by atoms with Gasteiger partial charge in [0.2, 0.25) is 0 Å². The molecular weight excluding hydrogens is 412 g/mol. The van der Waals surface area contributed by atoms with E-state index in [1.165, 1.54) is 11.3 Å². The molecule has 5 rings (SSSR count). The highest BCUT2D eigenvalue weighted by molar-refractivity contribution is 7.26. The molecule has 0 fully saturated rings. The van der Waals surface area contributed by atoms with E-state index in [1.807, 2.05) is 65.5 Å². The van der Waals surface area contributed by atoms with Crippen molar-refractivity contribution in [3.05, 3.63) is 95.1 Å². The van der Waals surface area contributed by atoms with Crippen molar-refractivity contribution in [2.45, 2.75) is 13.1 Å². The Morgan fingerprint density at radius 3 is 2.60 bits per heavy atom. The third kappa shape index (κ3) is 3.90. The summed E-state index contributed by atoms with van der Waals surface area (Å²) in [6.45, 7) is 1.16. The summed E-state index contributed by atoms with van der Waals surface area (Å²) in [5.41, 5.74) is 3.22. The van der Waals surface area contributed by atoms with Gasteiger partial charge >= 0.3 is 0 Å². The molecular formula is C23H18N4OS2. The number of benzene rings is 2. The van der Waals surface area contributed by atoms with E-state index in [0.717, 1.165) is 31.2 Å². The third-order valence-electron chi connectivity index (χ3n) is 4.78. The topological polar surface area (TPSA) is 59.8 Å². The Kier molecular flexibility index (Phi) is 5.13. The minimum absolute atomic E-state index is 0.0683. The number of carbonyl (C=O) groups is 1. The monoisotopic (exact) mass is 430 g/mol. The number of hydrogen-bond acceptors (Lipinski definition) is 5. The summed E-state index contributed by atoms with van der Waals surface area (Å²) in [6.07, 6.45) is 3.70. The van der Waals surface area contributed by atoms with Crippen LogP contribution in [0.15, 0.2) is 79.1 Å². The number of aromatic nitrogens is 3. The first-order chi connectivity index (χ1) is 14.8. The fourth-order valence-electron chi connectivity index (χ4n) is 3.27. The summed E-state index contributed by atoms with van der Waals surface area (Å²) >= 11 is 3.12. The smallest absolute Gasteiger partial charge is 0.261 e. The minimum Gasteiger partial charge on any atom is -0.347 e. The van der Waals surface area contributed by atoms with Crippen molar-refractivity contribution in [3.8, 4) is 9.88 Å². The van der Waals surface area contributed by atoms with E-state index < -0.39 is 0 Å². The Morgan fingerprint density at radius 2 is 1.77 bits per heavy atom. The van der Waals surface area contributed by atoms with E-state index in [9.17, 15) is 4.79 Å². The number of carbonyl (C=O) groups excluding carboxylic acids is 1. The fourth-order valence-corrected chi connectivity index (χ4v) is 5.21. The van der Waals surface area contributed by atoms with Gasteiger partial charge in [0.25, 0.3) is 5.91 Å². The molecule has 0 aliphatic heterocycles. The normalized spacial score (nSPS) is 11.1. The summed E-state index contributed by atoms with van der Waals surface area (Å²) in [7, 11) is 0. The molecule has 5 aromatic rings. The van der Waals surface area contributed by atoms with Crippen molar-refractivity contribution in [2.24, 2.45) is 0 Å². The van der Waals surface area contributed by atoms with Gasteiger partial charge in [-0.05, 0) is 41.5 Å². The Morgan fingerprint density at radius 1 is 0.933 bits per heavy atom. The lowest BCUT2D eigenvalue weighted by Gasteiger charge is -2.10. The van der Waals surface area contributed by atoms with Crippen LogP contribution in [0.4, 0.5) is 0 Å². The molecule has 0 aliphatic rings. The average molecular weight is 431 g/mol. The van der Waals surface area contributed by atoms with E-state index in [1.54, 1.807) is 17.5 Å². The van der Waals surface area contributed by atoms with Crippen LogP contribution < -0.4 is 5.32 Å². The molecule has 0 radical (unpaired) electrons. The maximum Gasteiger partial charge on any atom is 0.261 e. The second-order valence-electron chi connectivity index (χ2n) is 6.81. The zero-order valence-corrected chi connectivity index (χ0v) is 17.6. The van der Waals surface area contributed by atoms with E-state index in [2.05, 4.69) is 27.5 Å². The number of thiazole rings is 1. The molecule has 7 heteroatoms. The molecule has 5 nitrogen and oxygen atoms in total. The molecule has 0 unspecified atom stereocenters. The average Bonchev–Trinajstić information content (AvgIpc) is 3.52. The number of nitrogens with zero attached hydrogens (tertiary/aromatic N) is 3. The molecule has 148 valence electrons. The first-order valence-corrected chi connectivity index (χ1v) is 11.2. The first-order valence-electron chi connectivity index (χ1n) is 9.54. The van der Waals surface area contributed by atoms with Crippen LogP contribution in [-0.4, -0.2) is 20.7 Å². The molecule has 3 aromatic heterocycles. The molecule has 1 amide bonds. The SMILES string of the molecule is O=C(NCc1ccccc1Cn1cccn1)c1ccc(-c2nc3ccccc3s2)s1. The van der Waals surface area contributed by atoms with Gasteiger partial charge in [-0.25, -0.2) is 4.98 Å². The molecule has 2 aromatic carbocycles. The number of hydrogen-bond donors (Lipinski definition) is 1. The van der Waals surface area contributed by atoms with Gasteiger partial charge in [0.15, 0.2) is 0 Å². The van der Waals surface area contributed by atoms with Crippen LogP contribution in [0, 0.1) is 0 Å². The van der Waals surface area contributed by atoms with Crippen LogP contribution in [0.5, 0.6) is 0 Å².